The van der Waals surface area contributed by atoms with Gasteiger partial charge in [-0.1, -0.05) is 6.07 Å². The number of nitrogens with zero attached hydrogens (tertiary/aromatic N) is 6. The lowest BCUT2D eigenvalue weighted by atomic mass is 10.1. The molecule has 1 aliphatic rings. The van der Waals surface area contributed by atoms with E-state index in [-0.39, 0.29) is 12.1 Å². The molecule has 3 aromatic heterocycles. The highest BCUT2D eigenvalue weighted by Gasteiger charge is 2.19. The summed E-state index contributed by atoms with van der Waals surface area (Å²) in [6.45, 7) is 5.37. The van der Waals surface area contributed by atoms with E-state index in [2.05, 4.69) is 27.3 Å². The van der Waals surface area contributed by atoms with E-state index in [4.69, 9.17) is 4.74 Å². The second-order valence-corrected chi connectivity index (χ2v) is 9.40. The molecule has 1 fully saturated rings. The van der Waals surface area contributed by atoms with Gasteiger partial charge in [0, 0.05) is 61.1 Å². The average molecular weight is 516 g/mol. The van der Waals surface area contributed by atoms with Crippen LogP contribution in [0, 0.1) is 18.6 Å². The molecule has 2 aromatic carbocycles. The lowest BCUT2D eigenvalue weighted by Crippen LogP contribution is -2.36. The molecule has 1 N–H and O–H groups in total. The third-order valence-corrected chi connectivity index (χ3v) is 6.81. The predicted molar refractivity (Wildman–Crippen MR) is 141 cm³/mol. The highest BCUT2D eigenvalue weighted by Crippen LogP contribution is 2.25. The van der Waals surface area contributed by atoms with Crippen LogP contribution in [0.2, 0.25) is 0 Å². The van der Waals surface area contributed by atoms with Crippen LogP contribution < -0.4 is 5.32 Å². The zero-order valence-electron chi connectivity index (χ0n) is 20.9. The van der Waals surface area contributed by atoms with Crippen LogP contribution in [0.5, 0.6) is 0 Å². The number of aromatic nitrogens is 5. The summed E-state index contributed by atoms with van der Waals surface area (Å²) in [4.78, 5) is 11.1. The summed E-state index contributed by atoms with van der Waals surface area (Å²) in [5.41, 5.74) is 4.08. The standard InChI is InChI=1S/C28H27F2N7O/c1-19-3-4-22(13-21(19)17-36-7-2-6-32-36)33-28-31-16-20-5-8-37(27(20)34-28)23-14-25(29)24(26(30)15-23)18-35-9-11-38-12-10-35/h2-8,13-16H,9-12,17-18H2,1H3,(H,31,33,34). The molecule has 0 spiro atoms. The van der Waals surface area contributed by atoms with Gasteiger partial charge in [0.25, 0.3) is 0 Å². The highest BCUT2D eigenvalue weighted by atomic mass is 19.1. The van der Waals surface area contributed by atoms with Crippen molar-refractivity contribution in [3.05, 3.63) is 95.6 Å². The van der Waals surface area contributed by atoms with E-state index in [1.807, 2.05) is 46.1 Å². The van der Waals surface area contributed by atoms with Gasteiger partial charge in [0.2, 0.25) is 5.95 Å². The number of hydrogen-bond donors (Lipinski definition) is 1. The molecule has 1 saturated heterocycles. The number of hydrogen-bond acceptors (Lipinski definition) is 6. The summed E-state index contributed by atoms with van der Waals surface area (Å²) in [5, 5.41) is 8.31. The molecule has 0 saturated carbocycles. The minimum absolute atomic E-state index is 0.0642. The lowest BCUT2D eigenvalue weighted by Gasteiger charge is -2.27. The molecule has 0 bridgehead atoms. The number of ether oxygens (including phenoxy) is 1. The van der Waals surface area contributed by atoms with E-state index in [1.54, 1.807) is 23.2 Å². The van der Waals surface area contributed by atoms with Crippen LogP contribution in [0.3, 0.4) is 0 Å². The number of rotatable bonds is 7. The first-order valence-corrected chi connectivity index (χ1v) is 12.5. The third-order valence-electron chi connectivity index (χ3n) is 6.81. The van der Waals surface area contributed by atoms with E-state index in [0.29, 0.717) is 50.1 Å². The van der Waals surface area contributed by atoms with Gasteiger partial charge < -0.3 is 14.6 Å². The van der Waals surface area contributed by atoms with Crippen molar-refractivity contribution in [1.82, 2.24) is 29.2 Å². The van der Waals surface area contributed by atoms with Gasteiger partial charge in [0.05, 0.1) is 25.4 Å². The van der Waals surface area contributed by atoms with Gasteiger partial charge in [-0.2, -0.15) is 10.1 Å². The number of benzene rings is 2. The van der Waals surface area contributed by atoms with Crippen LogP contribution in [-0.4, -0.2) is 55.5 Å². The van der Waals surface area contributed by atoms with Crippen molar-refractivity contribution in [2.45, 2.75) is 20.0 Å². The zero-order chi connectivity index (χ0) is 26.1. The summed E-state index contributed by atoms with van der Waals surface area (Å²) >= 11 is 0. The van der Waals surface area contributed by atoms with Crippen molar-refractivity contribution < 1.29 is 13.5 Å². The summed E-state index contributed by atoms with van der Waals surface area (Å²) in [5.74, 6) is -0.772. The average Bonchev–Trinajstić information content (AvgIpc) is 3.58. The van der Waals surface area contributed by atoms with Crippen LogP contribution in [0.25, 0.3) is 16.7 Å². The minimum atomic E-state index is -0.579. The summed E-state index contributed by atoms with van der Waals surface area (Å²) < 4.78 is 39.0. The molecule has 6 rings (SSSR count). The molecular formula is C28H27F2N7O. The molecule has 4 heterocycles. The summed E-state index contributed by atoms with van der Waals surface area (Å²) in [6, 6.07) is 12.5. The second-order valence-electron chi connectivity index (χ2n) is 9.40. The fourth-order valence-electron chi connectivity index (χ4n) is 4.67. The van der Waals surface area contributed by atoms with Crippen molar-refractivity contribution >= 4 is 22.7 Å². The van der Waals surface area contributed by atoms with Gasteiger partial charge in [-0.25, -0.2) is 13.8 Å². The maximum absolute atomic E-state index is 15.1. The van der Waals surface area contributed by atoms with Crippen LogP contribution in [0.4, 0.5) is 20.4 Å². The Kier molecular flexibility index (Phi) is 6.57. The maximum Gasteiger partial charge on any atom is 0.229 e. The third kappa shape index (κ3) is 5.00. The van der Waals surface area contributed by atoms with Crippen LogP contribution in [-0.2, 0) is 17.8 Å². The van der Waals surface area contributed by atoms with Crippen molar-refractivity contribution in [2.75, 3.05) is 31.6 Å². The van der Waals surface area contributed by atoms with E-state index >= 15 is 8.78 Å². The van der Waals surface area contributed by atoms with E-state index in [9.17, 15) is 0 Å². The molecule has 0 radical (unpaired) electrons. The SMILES string of the molecule is Cc1ccc(Nc2ncc3ccn(-c4cc(F)c(CN5CCOCC5)c(F)c4)c3n2)cc1Cn1cccn1. The minimum Gasteiger partial charge on any atom is -0.379 e. The molecule has 10 heteroatoms. The smallest absolute Gasteiger partial charge is 0.229 e. The number of anilines is 2. The molecule has 0 aliphatic carbocycles. The first kappa shape index (κ1) is 24.2. The monoisotopic (exact) mass is 515 g/mol. The van der Waals surface area contributed by atoms with Crippen LogP contribution in [0.15, 0.2) is 67.3 Å². The number of aryl methyl sites for hydroxylation is 1. The van der Waals surface area contributed by atoms with Gasteiger partial charge in [0.1, 0.15) is 17.3 Å². The highest BCUT2D eigenvalue weighted by molar-refractivity contribution is 5.79. The predicted octanol–water partition coefficient (Wildman–Crippen LogP) is 4.83. The first-order chi connectivity index (χ1) is 18.5. The summed E-state index contributed by atoms with van der Waals surface area (Å²) in [6.07, 6.45) is 7.11. The summed E-state index contributed by atoms with van der Waals surface area (Å²) in [7, 11) is 0. The van der Waals surface area contributed by atoms with Gasteiger partial charge in [0.15, 0.2) is 0 Å². The number of halogens is 2. The molecule has 5 aromatic rings. The zero-order valence-corrected chi connectivity index (χ0v) is 20.9. The fourth-order valence-corrected chi connectivity index (χ4v) is 4.67. The Morgan fingerprint density at radius 1 is 1.00 bits per heavy atom. The Bertz CT molecular complexity index is 1550. The van der Waals surface area contributed by atoms with Gasteiger partial charge in [-0.05, 0) is 54.4 Å². The normalized spacial score (nSPS) is 14.3. The van der Waals surface area contributed by atoms with Gasteiger partial charge in [-0.15, -0.1) is 0 Å². The molecule has 0 atom stereocenters. The van der Waals surface area contributed by atoms with Crippen molar-refractivity contribution in [1.29, 1.82) is 0 Å². The maximum atomic E-state index is 15.1. The van der Waals surface area contributed by atoms with Crippen LogP contribution >= 0.6 is 0 Å². The Labute approximate surface area is 218 Å². The van der Waals surface area contributed by atoms with Crippen LogP contribution in [0.1, 0.15) is 16.7 Å². The Balaban J connectivity index is 1.27. The second kappa shape index (κ2) is 10.3. The number of fused-ring (bicyclic) bond motifs is 1. The van der Waals surface area contributed by atoms with E-state index in [1.165, 1.54) is 12.1 Å². The quantitative estimate of drug-likeness (QED) is 0.335. The first-order valence-electron chi connectivity index (χ1n) is 12.5. The lowest BCUT2D eigenvalue weighted by molar-refractivity contribution is 0.0332. The van der Waals surface area contributed by atoms with E-state index < -0.39 is 11.6 Å². The van der Waals surface area contributed by atoms with Crippen molar-refractivity contribution in [3.63, 3.8) is 0 Å². The molecule has 1 aliphatic heterocycles. The molecule has 0 unspecified atom stereocenters. The fraction of sp³-hybridized carbons (Fsp3) is 0.250. The molecule has 194 valence electrons. The van der Waals surface area contributed by atoms with Crippen molar-refractivity contribution in [3.8, 4) is 5.69 Å². The number of nitrogens with one attached hydrogen (secondary N) is 1. The van der Waals surface area contributed by atoms with Gasteiger partial charge >= 0.3 is 0 Å². The Morgan fingerprint density at radius 2 is 1.82 bits per heavy atom. The van der Waals surface area contributed by atoms with Gasteiger partial charge in [-0.3, -0.25) is 9.58 Å². The van der Waals surface area contributed by atoms with E-state index in [0.717, 1.165) is 22.2 Å². The topological polar surface area (TPSA) is 73.0 Å². The molecule has 8 nitrogen and oxygen atoms in total. The largest absolute Gasteiger partial charge is 0.379 e. The number of morpholine rings is 1. The molecular weight excluding hydrogens is 488 g/mol. The molecule has 38 heavy (non-hydrogen) atoms. The molecule has 0 amide bonds. The Hall–Kier alpha value is -4.15. The Morgan fingerprint density at radius 3 is 2.58 bits per heavy atom. The van der Waals surface area contributed by atoms with Crippen molar-refractivity contribution in [2.24, 2.45) is 0 Å².